The van der Waals surface area contributed by atoms with E-state index in [0.717, 1.165) is 11.3 Å². The Morgan fingerprint density at radius 2 is 1.95 bits per heavy atom. The minimum absolute atomic E-state index is 0.0385. The van der Waals surface area contributed by atoms with Crippen molar-refractivity contribution in [3.63, 3.8) is 0 Å². The van der Waals surface area contributed by atoms with Crippen LogP contribution in [0.15, 0.2) is 54.6 Å². The summed E-state index contributed by atoms with van der Waals surface area (Å²) in [6.45, 7) is 3.92. The maximum atomic E-state index is 11.9. The first kappa shape index (κ1) is 15.6. The van der Waals surface area contributed by atoms with E-state index in [1.165, 1.54) is 12.1 Å². The van der Waals surface area contributed by atoms with Gasteiger partial charge in [-0.1, -0.05) is 24.3 Å². The molecule has 0 atom stereocenters. The summed E-state index contributed by atoms with van der Waals surface area (Å²) in [5, 5.41) is 12.2. The van der Waals surface area contributed by atoms with Crippen LogP contribution in [0.25, 0.3) is 6.08 Å². The third-order valence-electron chi connectivity index (χ3n) is 2.82. The Morgan fingerprint density at radius 3 is 2.68 bits per heavy atom. The molecule has 0 aromatic heterocycles. The van der Waals surface area contributed by atoms with E-state index >= 15 is 0 Å². The number of benzene rings is 2. The van der Waals surface area contributed by atoms with Gasteiger partial charge < -0.3 is 15.2 Å². The van der Waals surface area contributed by atoms with Crippen LogP contribution in [0, 0.1) is 0 Å². The number of para-hydroxylation sites is 2. The van der Waals surface area contributed by atoms with Gasteiger partial charge in [0.05, 0.1) is 11.8 Å². The van der Waals surface area contributed by atoms with Gasteiger partial charge in [-0.25, -0.2) is 0 Å². The van der Waals surface area contributed by atoms with Gasteiger partial charge in [0.2, 0.25) is 5.91 Å². The number of hydrogen-bond acceptors (Lipinski definition) is 3. The number of ether oxygens (including phenoxy) is 1. The van der Waals surface area contributed by atoms with Crippen LogP contribution in [-0.4, -0.2) is 17.1 Å². The van der Waals surface area contributed by atoms with E-state index < -0.39 is 0 Å². The zero-order chi connectivity index (χ0) is 15.9. The summed E-state index contributed by atoms with van der Waals surface area (Å²) in [6.07, 6.45) is 3.22. The predicted molar refractivity (Wildman–Crippen MR) is 88.0 cm³/mol. The van der Waals surface area contributed by atoms with Gasteiger partial charge in [-0.2, -0.15) is 0 Å². The molecule has 0 saturated carbocycles. The van der Waals surface area contributed by atoms with Gasteiger partial charge in [0, 0.05) is 6.08 Å². The Balaban J connectivity index is 2.02. The van der Waals surface area contributed by atoms with E-state index in [9.17, 15) is 9.90 Å². The zero-order valence-corrected chi connectivity index (χ0v) is 12.6. The average Bonchev–Trinajstić information content (AvgIpc) is 2.47. The van der Waals surface area contributed by atoms with Gasteiger partial charge in [-0.3, -0.25) is 4.79 Å². The van der Waals surface area contributed by atoms with Crippen LogP contribution in [0.5, 0.6) is 11.5 Å². The molecule has 0 spiro atoms. The third-order valence-corrected chi connectivity index (χ3v) is 2.82. The monoisotopic (exact) mass is 297 g/mol. The lowest BCUT2D eigenvalue weighted by atomic mass is 10.2. The molecular weight excluding hydrogens is 278 g/mol. The lowest BCUT2D eigenvalue weighted by Crippen LogP contribution is -2.07. The van der Waals surface area contributed by atoms with Crippen molar-refractivity contribution in [3.05, 3.63) is 60.2 Å². The predicted octanol–water partition coefficient (Wildman–Crippen LogP) is 3.83. The topological polar surface area (TPSA) is 58.6 Å². The Labute approximate surface area is 130 Å². The van der Waals surface area contributed by atoms with Gasteiger partial charge in [-0.15, -0.1) is 0 Å². The SMILES string of the molecule is CC(C)Oc1cccc(/C=C/C(=O)Nc2ccccc2O)c1. The Kier molecular flexibility index (Phi) is 5.20. The molecule has 0 bridgehead atoms. The molecule has 4 heteroatoms. The number of amides is 1. The number of anilines is 1. The van der Waals surface area contributed by atoms with Crippen molar-refractivity contribution in [2.75, 3.05) is 5.32 Å². The van der Waals surface area contributed by atoms with Crippen LogP contribution in [0.2, 0.25) is 0 Å². The van der Waals surface area contributed by atoms with Crippen molar-refractivity contribution in [1.29, 1.82) is 0 Å². The normalized spacial score (nSPS) is 10.9. The van der Waals surface area contributed by atoms with E-state index in [1.807, 2.05) is 38.1 Å². The summed E-state index contributed by atoms with van der Waals surface area (Å²) in [5.41, 5.74) is 1.25. The first-order valence-corrected chi connectivity index (χ1v) is 7.08. The highest BCUT2D eigenvalue weighted by Gasteiger charge is 2.02. The van der Waals surface area contributed by atoms with Crippen LogP contribution in [-0.2, 0) is 4.79 Å². The van der Waals surface area contributed by atoms with Crippen LogP contribution >= 0.6 is 0 Å². The molecule has 0 unspecified atom stereocenters. The molecule has 0 fully saturated rings. The molecular formula is C18H19NO3. The second kappa shape index (κ2) is 7.31. The van der Waals surface area contributed by atoms with Crippen molar-refractivity contribution in [2.45, 2.75) is 20.0 Å². The Morgan fingerprint density at radius 1 is 1.18 bits per heavy atom. The molecule has 0 aliphatic heterocycles. The second-order valence-electron chi connectivity index (χ2n) is 5.08. The van der Waals surface area contributed by atoms with Crippen molar-refractivity contribution >= 4 is 17.7 Å². The van der Waals surface area contributed by atoms with Crippen LogP contribution < -0.4 is 10.1 Å². The molecule has 0 aliphatic carbocycles. The quantitative estimate of drug-likeness (QED) is 0.651. The molecule has 2 N–H and O–H groups in total. The molecule has 2 aromatic rings. The molecule has 2 aromatic carbocycles. The number of hydrogen-bond donors (Lipinski definition) is 2. The highest BCUT2D eigenvalue weighted by atomic mass is 16.5. The molecule has 0 saturated heterocycles. The van der Waals surface area contributed by atoms with E-state index in [2.05, 4.69) is 5.32 Å². The minimum atomic E-state index is -0.309. The Bertz CT molecular complexity index is 678. The first-order valence-electron chi connectivity index (χ1n) is 7.08. The summed E-state index contributed by atoms with van der Waals surface area (Å²) < 4.78 is 5.61. The first-order chi connectivity index (χ1) is 10.5. The van der Waals surface area contributed by atoms with Crippen molar-refractivity contribution in [2.24, 2.45) is 0 Å². The smallest absolute Gasteiger partial charge is 0.248 e. The summed E-state index contributed by atoms with van der Waals surface area (Å²) in [4.78, 5) is 11.9. The molecule has 114 valence electrons. The van der Waals surface area contributed by atoms with E-state index in [-0.39, 0.29) is 17.8 Å². The number of nitrogens with one attached hydrogen (secondary N) is 1. The summed E-state index contributed by atoms with van der Waals surface area (Å²) in [7, 11) is 0. The van der Waals surface area contributed by atoms with Crippen molar-refractivity contribution in [3.8, 4) is 11.5 Å². The summed E-state index contributed by atoms with van der Waals surface area (Å²) in [6, 6.07) is 14.1. The standard InChI is InChI=1S/C18H19NO3/c1-13(2)22-15-7-5-6-14(12-15)10-11-18(21)19-16-8-3-4-9-17(16)20/h3-13,20H,1-2H3,(H,19,21)/b11-10+. The largest absolute Gasteiger partial charge is 0.506 e. The highest BCUT2D eigenvalue weighted by Crippen LogP contribution is 2.21. The van der Waals surface area contributed by atoms with Gasteiger partial charge in [0.25, 0.3) is 0 Å². The van der Waals surface area contributed by atoms with E-state index in [0.29, 0.717) is 5.69 Å². The lowest BCUT2D eigenvalue weighted by molar-refractivity contribution is -0.111. The van der Waals surface area contributed by atoms with Gasteiger partial charge >= 0.3 is 0 Å². The molecule has 4 nitrogen and oxygen atoms in total. The lowest BCUT2D eigenvalue weighted by Gasteiger charge is -2.09. The number of carbonyl (C=O) groups is 1. The van der Waals surface area contributed by atoms with Crippen LogP contribution in [0.3, 0.4) is 0 Å². The molecule has 0 radical (unpaired) electrons. The molecule has 0 heterocycles. The molecule has 0 aliphatic rings. The molecule has 1 amide bonds. The second-order valence-corrected chi connectivity index (χ2v) is 5.08. The number of phenols is 1. The van der Waals surface area contributed by atoms with Crippen LogP contribution in [0.4, 0.5) is 5.69 Å². The van der Waals surface area contributed by atoms with Crippen molar-refractivity contribution < 1.29 is 14.6 Å². The Hall–Kier alpha value is -2.75. The van der Waals surface area contributed by atoms with Crippen LogP contribution in [0.1, 0.15) is 19.4 Å². The maximum Gasteiger partial charge on any atom is 0.248 e. The van der Waals surface area contributed by atoms with E-state index in [4.69, 9.17) is 4.74 Å². The van der Waals surface area contributed by atoms with Gasteiger partial charge in [0.1, 0.15) is 11.5 Å². The molecule has 22 heavy (non-hydrogen) atoms. The third kappa shape index (κ3) is 4.66. The summed E-state index contributed by atoms with van der Waals surface area (Å²) >= 11 is 0. The van der Waals surface area contributed by atoms with Crippen molar-refractivity contribution in [1.82, 2.24) is 0 Å². The number of aromatic hydroxyl groups is 1. The minimum Gasteiger partial charge on any atom is -0.506 e. The number of rotatable bonds is 5. The average molecular weight is 297 g/mol. The highest BCUT2D eigenvalue weighted by molar-refractivity contribution is 6.02. The van der Waals surface area contributed by atoms with Gasteiger partial charge in [-0.05, 0) is 49.8 Å². The number of carbonyl (C=O) groups excluding carboxylic acids is 1. The fraction of sp³-hybridized carbons (Fsp3) is 0.167. The van der Waals surface area contributed by atoms with Gasteiger partial charge in [0.15, 0.2) is 0 Å². The fourth-order valence-electron chi connectivity index (χ4n) is 1.89. The number of phenolic OH excluding ortho intramolecular Hbond substituents is 1. The summed E-state index contributed by atoms with van der Waals surface area (Å²) in [5.74, 6) is 0.492. The molecule has 2 rings (SSSR count). The maximum absolute atomic E-state index is 11.9. The zero-order valence-electron chi connectivity index (χ0n) is 12.6. The van der Waals surface area contributed by atoms with E-state index in [1.54, 1.807) is 24.3 Å². The fourth-order valence-corrected chi connectivity index (χ4v) is 1.89.